The number of rotatable bonds is 4. The minimum atomic E-state index is 0. The SMILES string of the molecule is [H].c1ccc(CNCc2ccccc2)cc1. The lowest BCUT2D eigenvalue weighted by Gasteiger charge is -2.04. The molecule has 0 heterocycles. The second kappa shape index (κ2) is 5.32. The molecular formula is C14H16N. The van der Waals surface area contributed by atoms with E-state index in [4.69, 9.17) is 0 Å². The smallest absolute Gasteiger partial charge is 0.0208 e. The molecule has 15 heavy (non-hydrogen) atoms. The third-order valence-corrected chi connectivity index (χ3v) is 2.34. The molecule has 1 N–H and O–H groups in total. The lowest BCUT2D eigenvalue weighted by Crippen LogP contribution is -2.12. The van der Waals surface area contributed by atoms with Crippen LogP contribution in [0.15, 0.2) is 60.7 Å². The quantitative estimate of drug-likeness (QED) is 0.796. The third-order valence-electron chi connectivity index (χ3n) is 2.34. The van der Waals surface area contributed by atoms with Crippen molar-refractivity contribution >= 4 is 0 Å². The predicted octanol–water partition coefficient (Wildman–Crippen LogP) is 3.09. The highest BCUT2D eigenvalue weighted by atomic mass is 14.8. The molecular weight excluding hydrogens is 182 g/mol. The van der Waals surface area contributed by atoms with E-state index in [2.05, 4.69) is 53.8 Å². The lowest BCUT2D eigenvalue weighted by atomic mass is 10.2. The molecule has 2 aromatic rings. The Morgan fingerprint density at radius 1 is 0.667 bits per heavy atom. The largest absolute Gasteiger partial charge is 0.309 e. The number of benzene rings is 2. The molecule has 77 valence electrons. The van der Waals surface area contributed by atoms with Crippen molar-refractivity contribution in [2.24, 2.45) is 0 Å². The molecule has 2 aromatic carbocycles. The van der Waals surface area contributed by atoms with Gasteiger partial charge in [-0.25, -0.2) is 0 Å². The average molecular weight is 198 g/mol. The second-order valence-corrected chi connectivity index (χ2v) is 3.57. The second-order valence-electron chi connectivity index (χ2n) is 3.57. The molecule has 0 saturated heterocycles. The molecule has 0 unspecified atom stereocenters. The Balaban J connectivity index is 0.00000128. The highest BCUT2D eigenvalue weighted by molar-refractivity contribution is 5.16. The van der Waals surface area contributed by atoms with Crippen LogP contribution in [0.25, 0.3) is 0 Å². The van der Waals surface area contributed by atoms with Gasteiger partial charge in [0, 0.05) is 14.5 Å². The third kappa shape index (κ3) is 3.22. The molecule has 0 aliphatic heterocycles. The summed E-state index contributed by atoms with van der Waals surface area (Å²) in [6.45, 7) is 1.85. The summed E-state index contributed by atoms with van der Waals surface area (Å²) in [5, 5.41) is 3.42. The minimum absolute atomic E-state index is 0. The van der Waals surface area contributed by atoms with Gasteiger partial charge in [0.05, 0.1) is 0 Å². The van der Waals surface area contributed by atoms with E-state index in [0.717, 1.165) is 13.1 Å². The van der Waals surface area contributed by atoms with E-state index in [1.165, 1.54) is 11.1 Å². The average Bonchev–Trinajstić information content (AvgIpc) is 2.32. The van der Waals surface area contributed by atoms with Gasteiger partial charge in [-0.15, -0.1) is 0 Å². The van der Waals surface area contributed by atoms with Crippen LogP contribution in [0.5, 0.6) is 0 Å². The van der Waals surface area contributed by atoms with Crippen molar-refractivity contribution in [2.75, 3.05) is 0 Å². The fourth-order valence-corrected chi connectivity index (χ4v) is 1.54. The summed E-state index contributed by atoms with van der Waals surface area (Å²) in [7, 11) is 0. The molecule has 0 bridgehead atoms. The molecule has 0 atom stereocenters. The number of nitrogens with one attached hydrogen (secondary N) is 1. The van der Waals surface area contributed by atoms with Gasteiger partial charge in [0.2, 0.25) is 0 Å². The maximum atomic E-state index is 3.42. The van der Waals surface area contributed by atoms with E-state index in [9.17, 15) is 0 Å². The van der Waals surface area contributed by atoms with E-state index >= 15 is 0 Å². The van der Waals surface area contributed by atoms with Crippen LogP contribution < -0.4 is 5.32 Å². The topological polar surface area (TPSA) is 12.0 Å². The molecule has 0 aliphatic rings. The highest BCUT2D eigenvalue weighted by Gasteiger charge is 1.92. The van der Waals surface area contributed by atoms with Gasteiger partial charge in [-0.05, 0) is 11.1 Å². The molecule has 0 aromatic heterocycles. The zero-order valence-corrected chi connectivity index (χ0v) is 8.69. The summed E-state index contributed by atoms with van der Waals surface area (Å²) >= 11 is 0. The van der Waals surface area contributed by atoms with Crippen LogP contribution in [0, 0.1) is 0 Å². The molecule has 0 amide bonds. The number of hydrogen-bond acceptors (Lipinski definition) is 1. The summed E-state index contributed by atoms with van der Waals surface area (Å²) in [5.41, 5.74) is 2.65. The standard InChI is InChI=1S/C14H15N.H/c1-3-7-13(8-4-1)11-15-12-14-9-5-2-6-10-14;/h1-10,15H,11-12H2;. The molecule has 1 nitrogen and oxygen atoms in total. The van der Waals surface area contributed by atoms with E-state index < -0.39 is 0 Å². The van der Waals surface area contributed by atoms with Crippen molar-refractivity contribution in [2.45, 2.75) is 13.1 Å². The Morgan fingerprint density at radius 2 is 1.07 bits per heavy atom. The first-order valence-corrected chi connectivity index (χ1v) is 5.24. The zero-order valence-electron chi connectivity index (χ0n) is 9.69. The van der Waals surface area contributed by atoms with Crippen molar-refractivity contribution in [1.29, 1.82) is 0 Å². The summed E-state index contributed by atoms with van der Waals surface area (Å²) in [6, 6.07) is 20.9. The van der Waals surface area contributed by atoms with E-state index in [1.807, 2.05) is 12.1 Å². The monoisotopic (exact) mass is 198 g/mol. The van der Waals surface area contributed by atoms with Crippen molar-refractivity contribution in [3.63, 3.8) is 0 Å². The van der Waals surface area contributed by atoms with Crippen LogP contribution in [0.2, 0.25) is 0 Å². The van der Waals surface area contributed by atoms with Crippen molar-refractivity contribution in [3.05, 3.63) is 71.8 Å². The van der Waals surface area contributed by atoms with Gasteiger partial charge in [-0.3, -0.25) is 0 Å². The molecule has 1 radical (unpaired) electrons. The van der Waals surface area contributed by atoms with Gasteiger partial charge >= 0.3 is 0 Å². The molecule has 0 spiro atoms. The van der Waals surface area contributed by atoms with Crippen LogP contribution in [-0.4, -0.2) is 0 Å². The van der Waals surface area contributed by atoms with Gasteiger partial charge in [-0.2, -0.15) is 0 Å². The van der Waals surface area contributed by atoms with Gasteiger partial charge in [0.15, 0.2) is 0 Å². The highest BCUT2D eigenvalue weighted by Crippen LogP contribution is 2.00. The Hall–Kier alpha value is -1.60. The first-order chi connectivity index (χ1) is 7.45. The van der Waals surface area contributed by atoms with Crippen molar-refractivity contribution in [1.82, 2.24) is 5.32 Å². The maximum absolute atomic E-state index is 3.42. The van der Waals surface area contributed by atoms with Crippen LogP contribution in [0.1, 0.15) is 12.6 Å². The van der Waals surface area contributed by atoms with Gasteiger partial charge < -0.3 is 5.32 Å². The van der Waals surface area contributed by atoms with Crippen LogP contribution in [0.4, 0.5) is 0 Å². The molecule has 2 rings (SSSR count). The summed E-state index contributed by atoms with van der Waals surface area (Å²) in [6.07, 6.45) is 0. The fraction of sp³-hybridized carbons (Fsp3) is 0.143. The molecule has 0 fully saturated rings. The summed E-state index contributed by atoms with van der Waals surface area (Å²) in [5.74, 6) is 0. The first-order valence-electron chi connectivity index (χ1n) is 5.24. The molecule has 0 saturated carbocycles. The Morgan fingerprint density at radius 3 is 1.47 bits per heavy atom. The van der Waals surface area contributed by atoms with Crippen molar-refractivity contribution in [3.8, 4) is 0 Å². The van der Waals surface area contributed by atoms with Crippen LogP contribution in [0.3, 0.4) is 0 Å². The Kier molecular flexibility index (Phi) is 3.53. The minimum Gasteiger partial charge on any atom is -0.309 e. The molecule has 0 aliphatic carbocycles. The maximum Gasteiger partial charge on any atom is 0.0208 e. The van der Waals surface area contributed by atoms with Gasteiger partial charge in [0.25, 0.3) is 0 Å². The Bertz CT molecular complexity index is 346. The number of hydrogen-bond donors (Lipinski definition) is 1. The van der Waals surface area contributed by atoms with E-state index in [0.29, 0.717) is 0 Å². The summed E-state index contributed by atoms with van der Waals surface area (Å²) in [4.78, 5) is 0. The van der Waals surface area contributed by atoms with Gasteiger partial charge in [0.1, 0.15) is 0 Å². The molecule has 1 heteroatoms. The van der Waals surface area contributed by atoms with Crippen molar-refractivity contribution < 1.29 is 1.43 Å². The van der Waals surface area contributed by atoms with Crippen LogP contribution in [-0.2, 0) is 13.1 Å². The normalized spacial score (nSPS) is 10.1. The lowest BCUT2D eigenvalue weighted by molar-refractivity contribution is 0.693. The van der Waals surface area contributed by atoms with E-state index in [-0.39, 0.29) is 1.43 Å². The predicted molar refractivity (Wildman–Crippen MR) is 64.5 cm³/mol. The summed E-state index contributed by atoms with van der Waals surface area (Å²) < 4.78 is 0. The van der Waals surface area contributed by atoms with Gasteiger partial charge in [-0.1, -0.05) is 60.7 Å². The fourth-order valence-electron chi connectivity index (χ4n) is 1.54. The Labute approximate surface area is 92.3 Å². The first kappa shape index (κ1) is 9.94. The van der Waals surface area contributed by atoms with E-state index in [1.54, 1.807) is 0 Å². The van der Waals surface area contributed by atoms with Crippen LogP contribution >= 0.6 is 0 Å². The zero-order chi connectivity index (χ0) is 10.3.